The maximum atomic E-state index is 10.6. The molecule has 1 aliphatic rings. The number of carboxylic acids is 1. The molecule has 0 saturated heterocycles. The smallest absolute Gasteiger partial charge is 0.315 e. The van der Waals surface area contributed by atoms with Crippen LogP contribution in [0, 0.1) is 18.8 Å². The Balaban J connectivity index is 2.53. The van der Waals surface area contributed by atoms with Gasteiger partial charge >= 0.3 is 5.97 Å². The number of carboxylic acid groups (broad SMARTS) is 1. The Hall–Kier alpha value is -1.75. The number of aryl methyl sites for hydroxylation is 1. The Bertz CT molecular complexity index is 640. The maximum Gasteiger partial charge on any atom is 0.315 e. The fraction of sp³-hybridized carbons (Fsp3) is 0.526. The van der Waals surface area contributed by atoms with Gasteiger partial charge in [0.15, 0.2) is 0 Å². The molecule has 1 aliphatic carbocycles. The van der Waals surface area contributed by atoms with Crippen LogP contribution < -0.4 is 0 Å². The number of hydrogen-bond acceptors (Lipinski definition) is 1. The molecule has 1 N–H and O–H groups in total. The van der Waals surface area contributed by atoms with Crippen LogP contribution in [0.3, 0.4) is 0 Å². The molecule has 0 heterocycles. The Kier molecular flexibility index (Phi) is 3.89. The minimum atomic E-state index is -0.875. The molecule has 0 radical (unpaired) electrons. The van der Waals surface area contributed by atoms with Crippen LogP contribution in [0.25, 0.3) is 0 Å². The second-order valence-electron chi connectivity index (χ2n) is 7.35. The summed E-state index contributed by atoms with van der Waals surface area (Å²) in [6.07, 6.45) is 2.25. The molecule has 2 nitrogen and oxygen atoms in total. The van der Waals surface area contributed by atoms with E-state index < -0.39 is 5.97 Å². The summed E-state index contributed by atoms with van der Waals surface area (Å²) in [7, 11) is 0. The molecule has 0 bridgehead atoms. The Labute approximate surface area is 127 Å². The first-order valence-corrected chi connectivity index (χ1v) is 7.50. The lowest BCUT2D eigenvalue weighted by molar-refractivity contribution is -0.135. The van der Waals surface area contributed by atoms with Crippen molar-refractivity contribution < 1.29 is 9.90 Å². The zero-order valence-electron chi connectivity index (χ0n) is 13.6. The zero-order valence-corrected chi connectivity index (χ0v) is 13.6. The van der Waals surface area contributed by atoms with E-state index in [1.165, 1.54) is 17.5 Å². The van der Waals surface area contributed by atoms with Gasteiger partial charge in [0, 0.05) is 5.56 Å². The number of aliphatic carboxylic acids is 1. The number of carbonyl (C=O) groups is 1. The molecule has 1 aromatic rings. The topological polar surface area (TPSA) is 37.3 Å². The Morgan fingerprint density at radius 2 is 1.67 bits per heavy atom. The van der Waals surface area contributed by atoms with E-state index in [1.54, 1.807) is 0 Å². The quantitative estimate of drug-likeness (QED) is 0.786. The first-order chi connectivity index (χ1) is 9.63. The van der Waals surface area contributed by atoms with Crippen molar-refractivity contribution in [1.82, 2.24) is 0 Å². The van der Waals surface area contributed by atoms with Gasteiger partial charge in [-0.1, -0.05) is 45.6 Å². The summed E-state index contributed by atoms with van der Waals surface area (Å²) in [5, 5.41) is 8.70. The van der Waals surface area contributed by atoms with Crippen molar-refractivity contribution in [3.8, 4) is 11.8 Å². The summed E-state index contributed by atoms with van der Waals surface area (Å²) < 4.78 is 0. The molecular formula is C19H24O2. The maximum absolute atomic E-state index is 10.6. The first kappa shape index (κ1) is 15.6. The molecule has 0 aromatic heterocycles. The van der Waals surface area contributed by atoms with Crippen molar-refractivity contribution in [3.63, 3.8) is 0 Å². The van der Waals surface area contributed by atoms with Crippen LogP contribution >= 0.6 is 0 Å². The second kappa shape index (κ2) is 5.22. The van der Waals surface area contributed by atoms with Crippen LogP contribution in [0.5, 0.6) is 0 Å². The van der Waals surface area contributed by atoms with E-state index in [0.717, 1.165) is 17.5 Å². The van der Waals surface area contributed by atoms with Gasteiger partial charge in [-0.25, -0.2) is 0 Å². The predicted octanol–water partition coefficient (Wildman–Crippen LogP) is 4.17. The van der Waals surface area contributed by atoms with Gasteiger partial charge in [0.25, 0.3) is 0 Å². The van der Waals surface area contributed by atoms with Crippen LogP contribution in [0.4, 0.5) is 0 Å². The molecule has 2 rings (SSSR count). The molecule has 1 aromatic carbocycles. The van der Waals surface area contributed by atoms with Gasteiger partial charge in [-0.2, -0.15) is 0 Å². The molecule has 21 heavy (non-hydrogen) atoms. The number of benzene rings is 1. The highest BCUT2D eigenvalue weighted by Gasteiger charge is 2.37. The second-order valence-corrected chi connectivity index (χ2v) is 7.35. The number of fused-ring (bicyclic) bond motifs is 1. The van der Waals surface area contributed by atoms with Crippen molar-refractivity contribution in [2.24, 2.45) is 0 Å². The largest absolute Gasteiger partial charge is 0.481 e. The molecule has 0 fully saturated rings. The Morgan fingerprint density at radius 1 is 1.14 bits per heavy atom. The lowest BCUT2D eigenvalue weighted by Gasteiger charge is -2.42. The van der Waals surface area contributed by atoms with Gasteiger partial charge in [0.05, 0.1) is 0 Å². The van der Waals surface area contributed by atoms with E-state index in [2.05, 4.69) is 58.6 Å². The average molecular weight is 284 g/mol. The summed E-state index contributed by atoms with van der Waals surface area (Å²) in [6, 6.07) is 4.43. The molecule has 0 spiro atoms. The highest BCUT2D eigenvalue weighted by atomic mass is 16.4. The molecule has 0 saturated carbocycles. The van der Waals surface area contributed by atoms with Crippen LogP contribution in [0.2, 0.25) is 0 Å². The van der Waals surface area contributed by atoms with E-state index in [1.807, 2.05) is 0 Å². The monoisotopic (exact) mass is 284 g/mol. The molecule has 0 unspecified atom stereocenters. The van der Waals surface area contributed by atoms with E-state index in [-0.39, 0.29) is 17.3 Å². The third-order valence-electron chi connectivity index (χ3n) is 4.66. The van der Waals surface area contributed by atoms with Crippen molar-refractivity contribution in [3.05, 3.63) is 34.4 Å². The predicted molar refractivity (Wildman–Crippen MR) is 85.6 cm³/mol. The minimum absolute atomic E-state index is 0.106. The zero-order chi connectivity index (χ0) is 15.8. The van der Waals surface area contributed by atoms with Crippen molar-refractivity contribution in [1.29, 1.82) is 0 Å². The van der Waals surface area contributed by atoms with E-state index in [9.17, 15) is 4.79 Å². The highest BCUT2D eigenvalue weighted by molar-refractivity contribution is 5.70. The first-order valence-electron chi connectivity index (χ1n) is 7.50. The number of rotatable bonds is 1. The highest BCUT2D eigenvalue weighted by Crippen LogP contribution is 2.46. The lowest BCUT2D eigenvalue weighted by atomic mass is 9.62. The minimum Gasteiger partial charge on any atom is -0.481 e. The van der Waals surface area contributed by atoms with Gasteiger partial charge in [-0.05, 0) is 53.4 Å². The standard InChI is InChI=1S/C19H24O2/c1-13-11-15-16(12-14(13)7-6-8-17(20)21)19(4,5)10-9-18(15,2)3/h11-12H,8-10H2,1-5H3,(H,20,21). The number of hydrogen-bond donors (Lipinski definition) is 1. The van der Waals surface area contributed by atoms with Crippen LogP contribution in [0.15, 0.2) is 12.1 Å². The third-order valence-corrected chi connectivity index (χ3v) is 4.66. The van der Waals surface area contributed by atoms with E-state index in [0.29, 0.717) is 0 Å². The lowest BCUT2D eigenvalue weighted by Crippen LogP contribution is -2.34. The van der Waals surface area contributed by atoms with Crippen molar-refractivity contribution in [2.45, 2.75) is 64.7 Å². The van der Waals surface area contributed by atoms with Gasteiger partial charge in [-0.15, -0.1) is 0 Å². The summed E-state index contributed by atoms with van der Waals surface area (Å²) >= 11 is 0. The van der Waals surface area contributed by atoms with Crippen molar-refractivity contribution >= 4 is 5.97 Å². The normalized spacial score (nSPS) is 18.3. The van der Waals surface area contributed by atoms with Gasteiger partial charge in [0.1, 0.15) is 6.42 Å². The molecule has 0 amide bonds. The summed E-state index contributed by atoms with van der Waals surface area (Å²) in [5.74, 6) is 4.90. The van der Waals surface area contributed by atoms with Gasteiger partial charge in [-0.3, -0.25) is 4.79 Å². The van der Waals surface area contributed by atoms with Crippen molar-refractivity contribution in [2.75, 3.05) is 0 Å². The Morgan fingerprint density at radius 3 is 2.19 bits per heavy atom. The fourth-order valence-electron chi connectivity index (χ4n) is 3.07. The molecule has 0 atom stereocenters. The van der Waals surface area contributed by atoms with Gasteiger partial charge < -0.3 is 5.11 Å². The SMILES string of the molecule is Cc1cc2c(cc1C#CCC(=O)O)C(C)(C)CCC2(C)C. The molecule has 2 heteroatoms. The van der Waals surface area contributed by atoms with Crippen LogP contribution in [0.1, 0.15) is 69.2 Å². The third kappa shape index (κ3) is 3.13. The van der Waals surface area contributed by atoms with Crippen LogP contribution in [-0.2, 0) is 15.6 Å². The average Bonchev–Trinajstić information content (AvgIpc) is 2.36. The summed E-state index contributed by atoms with van der Waals surface area (Å²) in [4.78, 5) is 10.6. The molecular weight excluding hydrogens is 260 g/mol. The van der Waals surface area contributed by atoms with E-state index >= 15 is 0 Å². The molecule has 0 aliphatic heterocycles. The van der Waals surface area contributed by atoms with Gasteiger partial charge in [0.2, 0.25) is 0 Å². The van der Waals surface area contributed by atoms with Crippen LogP contribution in [-0.4, -0.2) is 11.1 Å². The molecule has 112 valence electrons. The fourth-order valence-corrected chi connectivity index (χ4v) is 3.07. The summed E-state index contributed by atoms with van der Waals surface area (Å²) in [6.45, 7) is 11.2. The van der Waals surface area contributed by atoms with E-state index in [4.69, 9.17) is 5.11 Å². The summed E-state index contributed by atoms with van der Waals surface area (Å²) in [5.41, 5.74) is 5.23.